The molecule has 0 atom stereocenters. The number of oxazole rings is 1. The van der Waals surface area contributed by atoms with Gasteiger partial charge in [-0.25, -0.2) is 4.79 Å². The smallest absolute Gasteiger partial charge is 0.405 e. The third-order valence-electron chi connectivity index (χ3n) is 6.29. The summed E-state index contributed by atoms with van der Waals surface area (Å²) >= 11 is 0. The molecular weight excluding hydrogens is 398 g/mol. The van der Waals surface area contributed by atoms with Crippen LogP contribution in [0.2, 0.25) is 0 Å². The van der Waals surface area contributed by atoms with Crippen LogP contribution in [0.15, 0.2) is 82.0 Å². The van der Waals surface area contributed by atoms with Crippen LogP contribution < -0.4 is 10.7 Å². The van der Waals surface area contributed by atoms with Gasteiger partial charge in [0.1, 0.15) is 0 Å². The van der Waals surface area contributed by atoms with Gasteiger partial charge >= 0.3 is 5.76 Å². The summed E-state index contributed by atoms with van der Waals surface area (Å²) in [7, 11) is 0. The fourth-order valence-electron chi connectivity index (χ4n) is 4.67. The molecule has 0 N–H and O–H groups in total. The summed E-state index contributed by atoms with van der Waals surface area (Å²) in [6, 6.07) is 25.5. The average molecular weight is 428 g/mol. The minimum atomic E-state index is -0.278. The Hall–Kier alpha value is -3.31. The zero-order valence-corrected chi connectivity index (χ0v) is 18.7. The molecule has 4 aromatic rings. The lowest BCUT2D eigenvalue weighted by molar-refractivity contribution is 0.250. The second kappa shape index (κ2) is 8.67. The highest BCUT2D eigenvalue weighted by atomic mass is 16.4. The van der Waals surface area contributed by atoms with Crippen molar-refractivity contribution < 1.29 is 4.42 Å². The first-order valence-corrected chi connectivity index (χ1v) is 11.4. The molecule has 3 aromatic carbocycles. The highest BCUT2D eigenvalue weighted by Gasteiger charge is 2.22. The first-order valence-electron chi connectivity index (χ1n) is 11.4. The van der Waals surface area contributed by atoms with E-state index in [1.165, 1.54) is 16.7 Å². The van der Waals surface area contributed by atoms with Crippen molar-refractivity contribution >= 4 is 16.8 Å². The number of hydrogen-bond acceptors (Lipinski definition) is 4. The van der Waals surface area contributed by atoms with Crippen LogP contribution in [0.4, 0.5) is 5.69 Å². The van der Waals surface area contributed by atoms with Crippen LogP contribution in [0.25, 0.3) is 22.2 Å². The van der Waals surface area contributed by atoms with Crippen LogP contribution in [-0.4, -0.2) is 35.6 Å². The molecule has 164 valence electrons. The predicted molar refractivity (Wildman–Crippen MR) is 130 cm³/mol. The van der Waals surface area contributed by atoms with Crippen molar-refractivity contribution in [3.8, 4) is 11.1 Å². The van der Waals surface area contributed by atoms with Crippen LogP contribution in [0.5, 0.6) is 0 Å². The van der Waals surface area contributed by atoms with Crippen LogP contribution in [0.3, 0.4) is 0 Å². The maximum absolute atomic E-state index is 12.4. The number of piperazine rings is 1. The highest BCUT2D eigenvalue weighted by molar-refractivity contribution is 5.87. The normalized spacial score (nSPS) is 15.0. The minimum Gasteiger partial charge on any atom is -0.405 e. The van der Waals surface area contributed by atoms with Crippen molar-refractivity contribution in [2.75, 3.05) is 31.1 Å². The third kappa shape index (κ3) is 3.96. The molecule has 1 aliphatic rings. The van der Waals surface area contributed by atoms with Crippen LogP contribution in [-0.2, 0) is 6.54 Å². The summed E-state index contributed by atoms with van der Waals surface area (Å²) in [6.45, 7) is 8.73. The zero-order valence-electron chi connectivity index (χ0n) is 18.7. The second-order valence-corrected chi connectivity index (χ2v) is 8.79. The predicted octanol–water partition coefficient (Wildman–Crippen LogP) is 5.16. The minimum absolute atomic E-state index is 0.0718. The van der Waals surface area contributed by atoms with Gasteiger partial charge in [0.2, 0.25) is 0 Å². The molecule has 5 heteroatoms. The summed E-state index contributed by atoms with van der Waals surface area (Å²) in [5, 5.41) is 0. The van der Waals surface area contributed by atoms with Crippen LogP contribution in [0.1, 0.15) is 25.5 Å². The quantitative estimate of drug-likeness (QED) is 0.441. The lowest BCUT2D eigenvalue weighted by atomic mass is 10.0. The first-order chi connectivity index (χ1) is 15.6. The Bertz CT molecular complexity index is 1270. The van der Waals surface area contributed by atoms with Gasteiger partial charge in [0.25, 0.3) is 0 Å². The van der Waals surface area contributed by atoms with Crippen molar-refractivity contribution in [2.24, 2.45) is 0 Å². The Morgan fingerprint density at radius 1 is 0.844 bits per heavy atom. The van der Waals surface area contributed by atoms with E-state index >= 15 is 0 Å². The Kier molecular flexibility index (Phi) is 5.58. The molecule has 1 aliphatic heterocycles. The van der Waals surface area contributed by atoms with Crippen molar-refractivity contribution in [1.82, 2.24) is 9.47 Å². The molecular formula is C27H29N3O2. The second-order valence-electron chi connectivity index (χ2n) is 8.79. The number of hydrogen-bond donors (Lipinski definition) is 0. The van der Waals surface area contributed by atoms with Gasteiger partial charge in [-0.05, 0) is 48.7 Å². The summed E-state index contributed by atoms with van der Waals surface area (Å²) in [4.78, 5) is 17.2. The van der Waals surface area contributed by atoms with Gasteiger partial charge in [-0.1, -0.05) is 54.6 Å². The number of nitrogens with zero attached hydrogens (tertiary/aromatic N) is 3. The largest absolute Gasteiger partial charge is 0.420 e. The van der Waals surface area contributed by atoms with Crippen molar-refractivity contribution in [3.63, 3.8) is 0 Å². The standard InChI is InChI=1S/C27H29N3O2/c1-20(2)30-25-13-7-12-24(26(25)32-27(30)31)29-16-14-28(15-17-29)19-21-8-6-11-23(18-21)22-9-4-3-5-10-22/h3-13,18,20H,14-17,19H2,1-2H3. The number of rotatable bonds is 5. The van der Waals surface area contributed by atoms with Gasteiger partial charge in [-0.3, -0.25) is 9.47 Å². The lowest BCUT2D eigenvalue weighted by Crippen LogP contribution is -2.46. The van der Waals surface area contributed by atoms with E-state index in [1.54, 1.807) is 4.57 Å². The lowest BCUT2D eigenvalue weighted by Gasteiger charge is -2.36. The Labute approximate surface area is 188 Å². The van der Waals surface area contributed by atoms with E-state index in [0.717, 1.165) is 43.9 Å². The van der Waals surface area contributed by atoms with E-state index in [1.807, 2.05) is 26.0 Å². The zero-order chi connectivity index (χ0) is 22.1. The van der Waals surface area contributed by atoms with E-state index in [4.69, 9.17) is 4.42 Å². The Morgan fingerprint density at radius 3 is 2.31 bits per heavy atom. The SMILES string of the molecule is CC(C)n1c(=O)oc2c(N3CCN(Cc4cccc(-c5ccccc5)c4)CC3)cccc21. The summed E-state index contributed by atoms with van der Waals surface area (Å²) < 4.78 is 7.41. The van der Waals surface area contributed by atoms with Gasteiger partial charge in [0, 0.05) is 38.8 Å². The van der Waals surface area contributed by atoms with E-state index in [-0.39, 0.29) is 11.8 Å². The maximum Gasteiger partial charge on any atom is 0.420 e. The highest BCUT2D eigenvalue weighted by Crippen LogP contribution is 2.29. The molecule has 1 saturated heterocycles. The molecule has 0 radical (unpaired) electrons. The maximum atomic E-state index is 12.4. The molecule has 5 rings (SSSR count). The van der Waals surface area contributed by atoms with Gasteiger partial charge < -0.3 is 9.32 Å². The van der Waals surface area contributed by atoms with Gasteiger partial charge in [0.15, 0.2) is 5.58 Å². The fraction of sp³-hybridized carbons (Fsp3) is 0.296. The van der Waals surface area contributed by atoms with Crippen LogP contribution in [0, 0.1) is 0 Å². The van der Waals surface area contributed by atoms with Gasteiger partial charge in [0.05, 0.1) is 11.2 Å². The van der Waals surface area contributed by atoms with Crippen molar-refractivity contribution in [3.05, 3.63) is 88.9 Å². The molecule has 0 bridgehead atoms. The number of fused-ring (bicyclic) bond motifs is 1. The number of benzene rings is 3. The Balaban J connectivity index is 1.29. The van der Waals surface area contributed by atoms with E-state index in [2.05, 4.69) is 70.5 Å². The van der Waals surface area contributed by atoms with Crippen LogP contribution >= 0.6 is 0 Å². The molecule has 0 aliphatic carbocycles. The average Bonchev–Trinajstić information content (AvgIpc) is 3.16. The number of para-hydroxylation sites is 1. The van der Waals surface area contributed by atoms with Gasteiger partial charge in [-0.2, -0.15) is 0 Å². The fourth-order valence-corrected chi connectivity index (χ4v) is 4.67. The van der Waals surface area contributed by atoms with Crippen molar-refractivity contribution in [1.29, 1.82) is 0 Å². The monoisotopic (exact) mass is 427 g/mol. The molecule has 32 heavy (non-hydrogen) atoms. The summed E-state index contributed by atoms with van der Waals surface area (Å²) in [5.74, 6) is -0.278. The topological polar surface area (TPSA) is 41.6 Å². The molecule has 5 nitrogen and oxygen atoms in total. The third-order valence-corrected chi connectivity index (χ3v) is 6.29. The molecule has 2 heterocycles. The molecule has 0 saturated carbocycles. The summed E-state index contributed by atoms with van der Waals surface area (Å²) in [5.41, 5.74) is 6.45. The van der Waals surface area contributed by atoms with E-state index in [9.17, 15) is 4.79 Å². The molecule has 0 unspecified atom stereocenters. The molecule has 1 aromatic heterocycles. The Morgan fingerprint density at radius 2 is 1.56 bits per heavy atom. The van der Waals surface area contributed by atoms with Crippen molar-refractivity contribution in [2.45, 2.75) is 26.4 Å². The molecule has 0 spiro atoms. The number of anilines is 1. The molecule has 1 fully saturated rings. The number of aromatic nitrogens is 1. The van der Waals surface area contributed by atoms with E-state index < -0.39 is 0 Å². The summed E-state index contributed by atoms with van der Waals surface area (Å²) in [6.07, 6.45) is 0. The van der Waals surface area contributed by atoms with E-state index in [0.29, 0.717) is 5.58 Å². The molecule has 0 amide bonds. The van der Waals surface area contributed by atoms with Gasteiger partial charge in [-0.15, -0.1) is 0 Å². The first kappa shape index (κ1) is 20.6.